The van der Waals surface area contributed by atoms with Crippen LogP contribution >= 0.6 is 0 Å². The first-order valence-corrected chi connectivity index (χ1v) is 5.36. The highest BCUT2D eigenvalue weighted by Crippen LogP contribution is 2.13. The summed E-state index contributed by atoms with van der Waals surface area (Å²) >= 11 is 0. The highest BCUT2D eigenvalue weighted by Gasteiger charge is 2.15. The molecule has 1 heterocycles. The fourth-order valence-electron chi connectivity index (χ4n) is 1.43. The number of amides is 1. The molecule has 0 spiro atoms. The van der Waals surface area contributed by atoms with Gasteiger partial charge < -0.3 is 5.32 Å². The van der Waals surface area contributed by atoms with Crippen molar-refractivity contribution in [2.45, 2.75) is 13.0 Å². The van der Waals surface area contributed by atoms with Crippen LogP contribution in [0.5, 0.6) is 0 Å². The zero-order valence-electron chi connectivity index (χ0n) is 9.90. The zero-order chi connectivity index (χ0) is 13.8. The molecule has 2 aromatic rings. The maximum atomic E-state index is 11.9. The molecule has 9 nitrogen and oxygen atoms in total. The lowest BCUT2D eigenvalue weighted by Crippen LogP contribution is -2.27. The maximum absolute atomic E-state index is 11.9. The van der Waals surface area contributed by atoms with Gasteiger partial charge in [0.2, 0.25) is 0 Å². The van der Waals surface area contributed by atoms with Crippen LogP contribution in [-0.4, -0.2) is 31.5 Å². The van der Waals surface area contributed by atoms with E-state index in [0.717, 1.165) is 0 Å². The Labute approximate surface area is 107 Å². The van der Waals surface area contributed by atoms with Gasteiger partial charge in [-0.2, -0.15) is 5.21 Å². The summed E-state index contributed by atoms with van der Waals surface area (Å²) in [5.74, 6) is -0.0116. The van der Waals surface area contributed by atoms with Crippen molar-refractivity contribution in [1.29, 1.82) is 0 Å². The van der Waals surface area contributed by atoms with Gasteiger partial charge in [0.25, 0.3) is 11.6 Å². The molecule has 1 amide bonds. The highest BCUT2D eigenvalue weighted by molar-refractivity contribution is 5.94. The summed E-state index contributed by atoms with van der Waals surface area (Å²) in [5, 5.41) is 26.3. The Kier molecular flexibility index (Phi) is 3.46. The van der Waals surface area contributed by atoms with Gasteiger partial charge in [0.1, 0.15) is 0 Å². The second kappa shape index (κ2) is 5.21. The zero-order valence-corrected chi connectivity index (χ0v) is 9.90. The van der Waals surface area contributed by atoms with Crippen LogP contribution in [0.3, 0.4) is 0 Å². The van der Waals surface area contributed by atoms with Crippen molar-refractivity contribution in [3.8, 4) is 0 Å². The molecule has 0 radical (unpaired) electrons. The first kappa shape index (κ1) is 12.6. The van der Waals surface area contributed by atoms with Crippen LogP contribution in [0, 0.1) is 10.1 Å². The summed E-state index contributed by atoms with van der Waals surface area (Å²) in [5.41, 5.74) is 0.253. The molecule has 1 aromatic heterocycles. The Balaban J connectivity index is 2.05. The third kappa shape index (κ3) is 2.89. The summed E-state index contributed by atoms with van der Waals surface area (Å²) in [6.45, 7) is 1.70. The van der Waals surface area contributed by atoms with Crippen LogP contribution in [-0.2, 0) is 0 Å². The molecular formula is C10H10N6O3. The van der Waals surface area contributed by atoms with E-state index in [1.165, 1.54) is 24.3 Å². The number of hydrogen-bond donors (Lipinski definition) is 2. The first-order valence-electron chi connectivity index (χ1n) is 5.36. The van der Waals surface area contributed by atoms with Crippen LogP contribution in [0.15, 0.2) is 24.3 Å². The average molecular weight is 262 g/mol. The smallest absolute Gasteiger partial charge is 0.269 e. The van der Waals surface area contributed by atoms with Gasteiger partial charge in [-0.25, -0.2) is 0 Å². The van der Waals surface area contributed by atoms with Crippen LogP contribution in [0.1, 0.15) is 29.1 Å². The van der Waals surface area contributed by atoms with Gasteiger partial charge >= 0.3 is 0 Å². The van der Waals surface area contributed by atoms with Crippen molar-refractivity contribution in [3.63, 3.8) is 0 Å². The molecule has 1 aromatic carbocycles. The van der Waals surface area contributed by atoms with Gasteiger partial charge in [0.15, 0.2) is 5.82 Å². The van der Waals surface area contributed by atoms with Crippen LogP contribution in [0.4, 0.5) is 5.69 Å². The number of non-ortho nitro benzene ring substituents is 1. The Morgan fingerprint density at radius 1 is 1.42 bits per heavy atom. The number of hydrogen-bond acceptors (Lipinski definition) is 6. The molecular weight excluding hydrogens is 252 g/mol. The summed E-state index contributed by atoms with van der Waals surface area (Å²) in [7, 11) is 0. The fraction of sp³-hybridized carbons (Fsp3) is 0.200. The molecule has 0 aliphatic carbocycles. The van der Waals surface area contributed by atoms with E-state index in [1.807, 2.05) is 0 Å². The first-order chi connectivity index (χ1) is 9.08. The van der Waals surface area contributed by atoms with Crippen LogP contribution < -0.4 is 5.32 Å². The molecule has 0 bridgehead atoms. The largest absolute Gasteiger partial charge is 0.342 e. The summed E-state index contributed by atoms with van der Waals surface area (Å²) < 4.78 is 0. The quantitative estimate of drug-likeness (QED) is 0.613. The molecule has 0 aliphatic heterocycles. The second-order valence-electron chi connectivity index (χ2n) is 3.77. The molecule has 1 atom stereocenters. The van der Waals surface area contributed by atoms with E-state index in [4.69, 9.17) is 0 Å². The van der Waals surface area contributed by atoms with Crippen molar-refractivity contribution < 1.29 is 9.72 Å². The van der Waals surface area contributed by atoms with Gasteiger partial charge in [-0.05, 0) is 19.1 Å². The van der Waals surface area contributed by atoms with E-state index in [-0.39, 0.29) is 11.6 Å². The number of aromatic amines is 1. The number of nitro groups is 1. The van der Waals surface area contributed by atoms with Crippen molar-refractivity contribution in [2.75, 3.05) is 0 Å². The monoisotopic (exact) mass is 262 g/mol. The molecule has 0 fully saturated rings. The van der Waals surface area contributed by atoms with Crippen molar-refractivity contribution in [3.05, 3.63) is 45.8 Å². The minimum Gasteiger partial charge on any atom is -0.342 e. The number of nitrogens with zero attached hydrogens (tertiary/aromatic N) is 4. The molecule has 2 N–H and O–H groups in total. The number of aromatic nitrogens is 4. The minimum absolute atomic E-state index is 0.0669. The van der Waals surface area contributed by atoms with Crippen LogP contribution in [0.2, 0.25) is 0 Å². The summed E-state index contributed by atoms with van der Waals surface area (Å²) in [4.78, 5) is 21.8. The molecule has 0 aliphatic rings. The van der Waals surface area contributed by atoms with Crippen molar-refractivity contribution in [2.24, 2.45) is 0 Å². The van der Waals surface area contributed by atoms with E-state index in [0.29, 0.717) is 11.4 Å². The minimum atomic E-state index is -0.524. The van der Waals surface area contributed by atoms with E-state index in [1.54, 1.807) is 6.92 Å². The molecule has 0 saturated carbocycles. The summed E-state index contributed by atoms with van der Waals surface area (Å²) in [6.07, 6.45) is 0. The second-order valence-corrected chi connectivity index (χ2v) is 3.77. The van der Waals surface area contributed by atoms with E-state index in [9.17, 15) is 14.9 Å². The number of carbonyl (C=O) groups excluding carboxylic acids is 1. The molecule has 98 valence electrons. The highest BCUT2D eigenvalue weighted by atomic mass is 16.6. The van der Waals surface area contributed by atoms with E-state index >= 15 is 0 Å². The lowest BCUT2D eigenvalue weighted by molar-refractivity contribution is -0.384. The number of rotatable bonds is 4. The number of benzene rings is 1. The van der Waals surface area contributed by atoms with Crippen molar-refractivity contribution >= 4 is 11.6 Å². The Morgan fingerprint density at radius 3 is 2.63 bits per heavy atom. The van der Waals surface area contributed by atoms with E-state index < -0.39 is 11.0 Å². The van der Waals surface area contributed by atoms with Crippen molar-refractivity contribution in [1.82, 2.24) is 25.9 Å². The lowest BCUT2D eigenvalue weighted by Gasteiger charge is -2.09. The average Bonchev–Trinajstić information content (AvgIpc) is 2.92. The normalized spacial score (nSPS) is 11.8. The third-order valence-electron chi connectivity index (χ3n) is 2.44. The van der Waals surface area contributed by atoms with Gasteiger partial charge in [-0.3, -0.25) is 14.9 Å². The van der Waals surface area contributed by atoms with E-state index in [2.05, 4.69) is 25.9 Å². The summed E-state index contributed by atoms with van der Waals surface area (Å²) in [6, 6.07) is 4.90. The number of carbonyl (C=O) groups is 1. The SMILES string of the molecule is CC(NC(=O)c1ccc([N+](=O)[O-])cc1)c1nn[nH]n1. The molecule has 0 saturated heterocycles. The lowest BCUT2D eigenvalue weighted by atomic mass is 10.2. The topological polar surface area (TPSA) is 127 Å². The molecule has 19 heavy (non-hydrogen) atoms. The Bertz CT molecular complexity index is 580. The molecule has 9 heteroatoms. The van der Waals surface area contributed by atoms with Gasteiger partial charge in [0.05, 0.1) is 11.0 Å². The Hall–Kier alpha value is -2.84. The molecule has 2 rings (SSSR count). The number of tetrazole rings is 1. The third-order valence-corrected chi connectivity index (χ3v) is 2.44. The van der Waals surface area contributed by atoms with Gasteiger partial charge in [-0.15, -0.1) is 10.2 Å². The maximum Gasteiger partial charge on any atom is 0.269 e. The predicted molar refractivity (Wildman–Crippen MR) is 63.2 cm³/mol. The predicted octanol–water partition coefficient (Wildman–Crippen LogP) is 0.599. The standard InChI is InChI=1S/C10H10N6O3/c1-6(9-12-14-15-13-9)11-10(17)7-2-4-8(5-3-7)16(18)19/h2-6H,1H3,(H,11,17)(H,12,13,14,15). The number of H-pyrrole nitrogens is 1. The van der Waals surface area contributed by atoms with Crippen LogP contribution in [0.25, 0.3) is 0 Å². The van der Waals surface area contributed by atoms with Gasteiger partial charge in [-0.1, -0.05) is 5.21 Å². The number of nitro benzene ring substituents is 1. The molecule has 1 unspecified atom stereocenters. The fourth-order valence-corrected chi connectivity index (χ4v) is 1.43. The Morgan fingerprint density at radius 2 is 2.11 bits per heavy atom. The van der Waals surface area contributed by atoms with Gasteiger partial charge in [0, 0.05) is 17.7 Å². The number of nitrogens with one attached hydrogen (secondary N) is 2.